The molecule has 1 N–H and O–H groups in total. The van der Waals surface area contributed by atoms with E-state index in [1.165, 1.54) is 6.07 Å². The normalized spacial score (nSPS) is 12.6. The molecule has 1 atom stereocenters. The van der Waals surface area contributed by atoms with Crippen molar-refractivity contribution in [2.45, 2.75) is 19.4 Å². The lowest BCUT2D eigenvalue weighted by molar-refractivity contribution is 0.721. The second kappa shape index (κ2) is 4.26. The Hall–Kier alpha value is -1.97. The fraction of sp³-hybridized carbons (Fsp3) is 0.250. The molecule has 0 unspecified atom stereocenters. The van der Waals surface area contributed by atoms with Gasteiger partial charge in [-0.15, -0.1) is 0 Å². The van der Waals surface area contributed by atoms with Gasteiger partial charge in [-0.25, -0.2) is 0 Å². The van der Waals surface area contributed by atoms with Gasteiger partial charge in [0.05, 0.1) is 17.4 Å². The molecule has 82 valence electrons. The van der Waals surface area contributed by atoms with Crippen LogP contribution in [0.5, 0.6) is 0 Å². The number of anilines is 1. The number of rotatable bonds is 4. The molecule has 0 bridgehead atoms. The summed E-state index contributed by atoms with van der Waals surface area (Å²) in [6.45, 7) is 2.00. The first-order valence-electron chi connectivity index (χ1n) is 5.20. The molecule has 0 fully saturated rings. The van der Waals surface area contributed by atoms with Crippen LogP contribution in [0.4, 0.5) is 5.69 Å². The van der Waals surface area contributed by atoms with E-state index < -0.39 is 10.9 Å². The topological polar surface area (TPSA) is 59.1 Å². The van der Waals surface area contributed by atoms with Gasteiger partial charge in [0, 0.05) is 12.3 Å². The third-order valence-electron chi connectivity index (χ3n) is 2.53. The molecule has 0 radical (unpaired) electrons. The number of pyridine rings is 1. The first-order chi connectivity index (χ1) is 7.72. The highest BCUT2D eigenvalue weighted by Crippen LogP contribution is 2.18. The van der Waals surface area contributed by atoms with Crippen LogP contribution in [0.25, 0.3) is 0 Å². The SMILES string of the molecule is CC[C@@H](Nc1cc(=O)c1=O)c1ccccn1. The molecule has 0 aliphatic carbocycles. The van der Waals surface area contributed by atoms with E-state index in [2.05, 4.69) is 10.3 Å². The third kappa shape index (κ3) is 1.86. The summed E-state index contributed by atoms with van der Waals surface area (Å²) in [5.41, 5.74) is 0.397. The predicted molar refractivity (Wildman–Crippen MR) is 62.2 cm³/mol. The Kier molecular flexibility index (Phi) is 2.81. The van der Waals surface area contributed by atoms with Crippen LogP contribution in [0.15, 0.2) is 40.1 Å². The quantitative estimate of drug-likeness (QED) is 0.781. The van der Waals surface area contributed by atoms with Crippen LogP contribution in [0.2, 0.25) is 0 Å². The van der Waals surface area contributed by atoms with Gasteiger partial charge in [0.1, 0.15) is 0 Å². The summed E-state index contributed by atoms with van der Waals surface area (Å²) in [7, 11) is 0. The molecule has 1 aromatic carbocycles. The van der Waals surface area contributed by atoms with Crippen molar-refractivity contribution in [3.8, 4) is 0 Å². The minimum Gasteiger partial charge on any atom is -0.373 e. The zero-order valence-corrected chi connectivity index (χ0v) is 8.93. The molecule has 1 heterocycles. The Labute approximate surface area is 92.7 Å². The van der Waals surface area contributed by atoms with Gasteiger partial charge in [-0.3, -0.25) is 14.6 Å². The van der Waals surface area contributed by atoms with Crippen LogP contribution in [0, 0.1) is 0 Å². The predicted octanol–water partition coefficient (Wildman–Crippen LogP) is 1.24. The Balaban J connectivity index is 2.17. The lowest BCUT2D eigenvalue weighted by Crippen LogP contribution is -2.33. The maximum Gasteiger partial charge on any atom is 0.248 e. The molecule has 4 nitrogen and oxygen atoms in total. The van der Waals surface area contributed by atoms with Crippen molar-refractivity contribution < 1.29 is 0 Å². The summed E-state index contributed by atoms with van der Waals surface area (Å²) in [4.78, 5) is 26.1. The molecule has 0 spiro atoms. The number of hydrogen-bond donors (Lipinski definition) is 1. The van der Waals surface area contributed by atoms with E-state index in [1.54, 1.807) is 6.20 Å². The largest absolute Gasteiger partial charge is 0.373 e. The van der Waals surface area contributed by atoms with Gasteiger partial charge in [-0.2, -0.15) is 0 Å². The van der Waals surface area contributed by atoms with Gasteiger partial charge in [0.25, 0.3) is 0 Å². The van der Waals surface area contributed by atoms with Crippen LogP contribution in [-0.4, -0.2) is 4.98 Å². The second-order valence-corrected chi connectivity index (χ2v) is 3.61. The van der Waals surface area contributed by atoms with Gasteiger partial charge in [0.15, 0.2) is 0 Å². The van der Waals surface area contributed by atoms with Crippen LogP contribution in [0.1, 0.15) is 25.1 Å². The average molecular weight is 216 g/mol. The Morgan fingerprint density at radius 1 is 1.38 bits per heavy atom. The molecule has 0 aliphatic heterocycles. The van der Waals surface area contributed by atoms with Gasteiger partial charge in [-0.05, 0) is 18.6 Å². The van der Waals surface area contributed by atoms with Gasteiger partial charge >= 0.3 is 0 Å². The Morgan fingerprint density at radius 2 is 2.19 bits per heavy atom. The molecular weight excluding hydrogens is 204 g/mol. The van der Waals surface area contributed by atoms with E-state index in [0.29, 0.717) is 5.69 Å². The van der Waals surface area contributed by atoms with E-state index in [0.717, 1.165) is 12.1 Å². The van der Waals surface area contributed by atoms with Crippen molar-refractivity contribution in [2.75, 3.05) is 5.32 Å². The number of nitrogens with zero attached hydrogens (tertiary/aromatic N) is 1. The number of aromatic nitrogens is 1. The lowest BCUT2D eigenvalue weighted by Gasteiger charge is -2.17. The van der Waals surface area contributed by atoms with Crippen LogP contribution >= 0.6 is 0 Å². The zero-order chi connectivity index (χ0) is 11.5. The summed E-state index contributed by atoms with van der Waals surface area (Å²) >= 11 is 0. The maximum atomic E-state index is 11.1. The zero-order valence-electron chi connectivity index (χ0n) is 8.93. The Bertz CT molecular complexity index is 541. The molecule has 0 saturated carbocycles. The summed E-state index contributed by atoms with van der Waals surface area (Å²) in [5, 5.41) is 3.03. The molecule has 4 heteroatoms. The molecular formula is C12H12N2O2. The van der Waals surface area contributed by atoms with E-state index >= 15 is 0 Å². The van der Waals surface area contributed by atoms with Crippen LogP contribution < -0.4 is 16.2 Å². The van der Waals surface area contributed by atoms with Crippen molar-refractivity contribution >= 4 is 5.69 Å². The molecule has 2 rings (SSSR count). The van der Waals surface area contributed by atoms with Crippen molar-refractivity contribution in [2.24, 2.45) is 0 Å². The maximum absolute atomic E-state index is 11.1. The fourth-order valence-electron chi connectivity index (χ4n) is 1.58. The van der Waals surface area contributed by atoms with Crippen molar-refractivity contribution in [3.63, 3.8) is 0 Å². The van der Waals surface area contributed by atoms with E-state index in [9.17, 15) is 9.59 Å². The molecule has 0 aliphatic rings. The van der Waals surface area contributed by atoms with E-state index in [-0.39, 0.29) is 6.04 Å². The minimum absolute atomic E-state index is 0.0236. The van der Waals surface area contributed by atoms with Crippen molar-refractivity contribution in [1.82, 2.24) is 4.98 Å². The lowest BCUT2D eigenvalue weighted by atomic mass is 10.1. The molecule has 1 aromatic heterocycles. The minimum atomic E-state index is -0.436. The summed E-state index contributed by atoms with van der Waals surface area (Å²) in [6, 6.07) is 6.94. The van der Waals surface area contributed by atoms with E-state index in [1.807, 2.05) is 25.1 Å². The van der Waals surface area contributed by atoms with Crippen LogP contribution in [0.3, 0.4) is 0 Å². The van der Waals surface area contributed by atoms with E-state index in [4.69, 9.17) is 0 Å². The highest BCUT2D eigenvalue weighted by atomic mass is 16.2. The summed E-state index contributed by atoms with van der Waals surface area (Å²) in [6.07, 6.45) is 2.51. The van der Waals surface area contributed by atoms with Gasteiger partial charge in [0.2, 0.25) is 10.9 Å². The fourth-order valence-corrected chi connectivity index (χ4v) is 1.58. The van der Waals surface area contributed by atoms with Crippen molar-refractivity contribution in [3.05, 3.63) is 56.6 Å². The first-order valence-corrected chi connectivity index (χ1v) is 5.20. The summed E-state index contributed by atoms with van der Waals surface area (Å²) in [5.74, 6) is 0. The summed E-state index contributed by atoms with van der Waals surface area (Å²) < 4.78 is 0. The smallest absolute Gasteiger partial charge is 0.248 e. The number of hydrogen-bond acceptors (Lipinski definition) is 4. The van der Waals surface area contributed by atoms with Gasteiger partial charge in [-0.1, -0.05) is 13.0 Å². The average Bonchev–Trinajstić information content (AvgIpc) is 2.35. The molecule has 2 aromatic rings. The highest BCUT2D eigenvalue weighted by Gasteiger charge is 2.15. The second-order valence-electron chi connectivity index (χ2n) is 3.61. The first kappa shape index (κ1) is 10.5. The number of nitrogens with one attached hydrogen (secondary N) is 1. The van der Waals surface area contributed by atoms with Gasteiger partial charge < -0.3 is 5.32 Å². The Morgan fingerprint density at radius 3 is 2.69 bits per heavy atom. The van der Waals surface area contributed by atoms with Crippen molar-refractivity contribution in [1.29, 1.82) is 0 Å². The monoisotopic (exact) mass is 216 g/mol. The molecule has 0 saturated heterocycles. The van der Waals surface area contributed by atoms with Crippen LogP contribution in [-0.2, 0) is 0 Å². The third-order valence-corrected chi connectivity index (χ3v) is 2.53. The molecule has 0 amide bonds. The molecule has 16 heavy (non-hydrogen) atoms. The standard InChI is InChI=1S/C12H12N2O2/c1-2-8(9-5-3-4-6-13-9)14-10-7-11(15)12(10)16/h3-8,14H,2H2,1H3/t8-/m1/s1. The highest BCUT2D eigenvalue weighted by molar-refractivity contribution is 5.48.